The molecule has 0 bridgehead atoms. The summed E-state index contributed by atoms with van der Waals surface area (Å²) in [5, 5.41) is 3.16. The van der Waals surface area contributed by atoms with Crippen molar-refractivity contribution in [1.82, 2.24) is 5.32 Å². The predicted octanol–water partition coefficient (Wildman–Crippen LogP) is 4.07. The first kappa shape index (κ1) is 18.5. The van der Waals surface area contributed by atoms with E-state index in [0.29, 0.717) is 16.4 Å². The van der Waals surface area contributed by atoms with E-state index in [0.717, 1.165) is 5.56 Å². The summed E-state index contributed by atoms with van der Waals surface area (Å²) < 4.78 is 0. The Hall–Kier alpha value is -2.28. The van der Waals surface area contributed by atoms with Crippen LogP contribution in [0.15, 0.2) is 47.5 Å². The van der Waals surface area contributed by atoms with Crippen molar-refractivity contribution in [3.63, 3.8) is 0 Å². The maximum Gasteiger partial charge on any atom is 0.251 e. The number of anilines is 1. The van der Waals surface area contributed by atoms with E-state index in [4.69, 9.17) is 35.4 Å². The lowest BCUT2D eigenvalue weighted by molar-refractivity contribution is -0.130. The molecule has 1 atom stereocenters. The van der Waals surface area contributed by atoms with Crippen molar-refractivity contribution in [2.75, 3.05) is 4.90 Å². The predicted molar refractivity (Wildman–Crippen MR) is 108 cm³/mol. The SMILES string of the molecule is Cc1ccc(N2C(=O)[C@H](C=Nc3cccc(Cl)c3Cl)C(=O)NC2=S)cc1. The molecule has 26 heavy (non-hydrogen) atoms. The first-order valence-electron chi connectivity index (χ1n) is 7.62. The highest BCUT2D eigenvalue weighted by Gasteiger charge is 2.38. The third-order valence-corrected chi connectivity index (χ3v) is 4.88. The highest BCUT2D eigenvalue weighted by Crippen LogP contribution is 2.31. The normalized spacial score (nSPS) is 17.7. The third kappa shape index (κ3) is 3.62. The Morgan fingerprint density at radius 1 is 1.15 bits per heavy atom. The van der Waals surface area contributed by atoms with E-state index in [1.165, 1.54) is 11.1 Å². The first-order valence-corrected chi connectivity index (χ1v) is 8.78. The zero-order valence-corrected chi connectivity index (χ0v) is 15.9. The van der Waals surface area contributed by atoms with E-state index < -0.39 is 17.7 Å². The van der Waals surface area contributed by atoms with Gasteiger partial charge in [-0.1, -0.05) is 47.0 Å². The molecule has 0 unspecified atom stereocenters. The molecule has 0 aliphatic carbocycles. The summed E-state index contributed by atoms with van der Waals surface area (Å²) >= 11 is 17.2. The highest BCUT2D eigenvalue weighted by atomic mass is 35.5. The molecular formula is C18H13Cl2N3O2S. The summed E-state index contributed by atoms with van der Waals surface area (Å²) in [7, 11) is 0. The number of aryl methyl sites for hydroxylation is 1. The molecular weight excluding hydrogens is 393 g/mol. The van der Waals surface area contributed by atoms with Crippen molar-refractivity contribution in [3.8, 4) is 0 Å². The van der Waals surface area contributed by atoms with Gasteiger partial charge >= 0.3 is 0 Å². The number of thiocarbonyl (C=S) groups is 1. The van der Waals surface area contributed by atoms with Crippen LogP contribution in [-0.4, -0.2) is 23.1 Å². The van der Waals surface area contributed by atoms with Gasteiger partial charge in [0.25, 0.3) is 5.91 Å². The largest absolute Gasteiger partial charge is 0.301 e. The molecule has 1 saturated heterocycles. The smallest absolute Gasteiger partial charge is 0.251 e. The zero-order valence-electron chi connectivity index (χ0n) is 13.6. The average molecular weight is 406 g/mol. The van der Waals surface area contributed by atoms with Crippen molar-refractivity contribution in [3.05, 3.63) is 58.1 Å². The van der Waals surface area contributed by atoms with Gasteiger partial charge in [-0.05, 0) is 43.4 Å². The van der Waals surface area contributed by atoms with Gasteiger partial charge in [0.15, 0.2) is 11.0 Å². The number of benzene rings is 2. The fourth-order valence-electron chi connectivity index (χ4n) is 2.41. The van der Waals surface area contributed by atoms with Gasteiger partial charge in [-0.25, -0.2) is 0 Å². The number of hydrogen-bond acceptors (Lipinski definition) is 4. The number of carbonyl (C=O) groups excluding carboxylic acids is 2. The Labute approximate surface area is 165 Å². The molecule has 1 fully saturated rings. The van der Waals surface area contributed by atoms with Crippen LogP contribution in [0.1, 0.15) is 5.56 Å². The molecule has 2 amide bonds. The van der Waals surface area contributed by atoms with Gasteiger partial charge in [-0.2, -0.15) is 0 Å². The quantitative estimate of drug-likeness (QED) is 0.475. The van der Waals surface area contributed by atoms with Crippen LogP contribution < -0.4 is 10.2 Å². The molecule has 1 aliphatic rings. The molecule has 3 rings (SSSR count). The monoisotopic (exact) mass is 405 g/mol. The fourth-order valence-corrected chi connectivity index (χ4v) is 3.05. The molecule has 0 radical (unpaired) electrons. The minimum absolute atomic E-state index is 0.0364. The summed E-state index contributed by atoms with van der Waals surface area (Å²) in [6, 6.07) is 12.2. The summed E-state index contributed by atoms with van der Waals surface area (Å²) in [5.74, 6) is -2.15. The Morgan fingerprint density at radius 3 is 2.54 bits per heavy atom. The summed E-state index contributed by atoms with van der Waals surface area (Å²) in [5.41, 5.74) is 1.99. The van der Waals surface area contributed by atoms with E-state index in [1.54, 1.807) is 30.3 Å². The van der Waals surface area contributed by atoms with Crippen LogP contribution in [0.4, 0.5) is 11.4 Å². The minimum atomic E-state index is -1.13. The fraction of sp³-hybridized carbons (Fsp3) is 0.111. The van der Waals surface area contributed by atoms with Crippen molar-refractivity contribution < 1.29 is 9.59 Å². The van der Waals surface area contributed by atoms with Gasteiger partial charge in [0.2, 0.25) is 5.91 Å². The number of carbonyl (C=O) groups is 2. The lowest BCUT2D eigenvalue weighted by Crippen LogP contribution is -2.58. The van der Waals surface area contributed by atoms with Gasteiger partial charge in [0.1, 0.15) is 0 Å². The number of amides is 2. The molecule has 0 aromatic heterocycles. The zero-order chi connectivity index (χ0) is 18.8. The molecule has 2 aromatic carbocycles. The van der Waals surface area contributed by atoms with Gasteiger partial charge in [-0.15, -0.1) is 0 Å². The number of hydrogen-bond donors (Lipinski definition) is 1. The van der Waals surface area contributed by atoms with Crippen LogP contribution in [0, 0.1) is 12.8 Å². The molecule has 5 nitrogen and oxygen atoms in total. The second kappa shape index (κ2) is 7.53. The molecule has 8 heteroatoms. The molecule has 0 saturated carbocycles. The number of nitrogens with zero attached hydrogens (tertiary/aromatic N) is 2. The van der Waals surface area contributed by atoms with Crippen LogP contribution in [0.5, 0.6) is 0 Å². The van der Waals surface area contributed by atoms with Gasteiger partial charge in [0, 0.05) is 6.21 Å². The molecule has 1 aliphatic heterocycles. The maximum atomic E-state index is 12.8. The van der Waals surface area contributed by atoms with E-state index in [9.17, 15) is 9.59 Å². The summed E-state index contributed by atoms with van der Waals surface area (Å²) in [6.45, 7) is 1.94. The van der Waals surface area contributed by atoms with Crippen molar-refractivity contribution in [2.45, 2.75) is 6.92 Å². The second-order valence-corrected chi connectivity index (χ2v) is 6.80. The van der Waals surface area contributed by atoms with Gasteiger partial charge in [-0.3, -0.25) is 19.5 Å². The van der Waals surface area contributed by atoms with E-state index in [1.807, 2.05) is 19.1 Å². The first-order chi connectivity index (χ1) is 12.4. The lowest BCUT2D eigenvalue weighted by atomic mass is 10.1. The topological polar surface area (TPSA) is 61.8 Å². The number of nitrogens with one attached hydrogen (secondary N) is 1. The van der Waals surface area contributed by atoms with Gasteiger partial charge in [0.05, 0.1) is 21.4 Å². The van der Waals surface area contributed by atoms with Crippen LogP contribution in [0.2, 0.25) is 10.0 Å². The van der Waals surface area contributed by atoms with Crippen LogP contribution in [0.3, 0.4) is 0 Å². The van der Waals surface area contributed by atoms with Crippen LogP contribution in [-0.2, 0) is 9.59 Å². The van der Waals surface area contributed by atoms with E-state index in [2.05, 4.69) is 10.3 Å². The van der Waals surface area contributed by atoms with Crippen LogP contribution in [0.25, 0.3) is 0 Å². The minimum Gasteiger partial charge on any atom is -0.301 e. The van der Waals surface area contributed by atoms with Crippen molar-refractivity contribution in [1.29, 1.82) is 0 Å². The Bertz CT molecular complexity index is 929. The molecule has 132 valence electrons. The Balaban J connectivity index is 1.91. The van der Waals surface area contributed by atoms with Crippen molar-refractivity contribution in [2.24, 2.45) is 10.9 Å². The number of halogens is 2. The Kier molecular flexibility index (Phi) is 5.36. The average Bonchev–Trinajstić information content (AvgIpc) is 2.59. The second-order valence-electron chi connectivity index (χ2n) is 5.63. The standard InChI is InChI=1S/C18H13Cl2N3O2S/c1-10-5-7-11(8-6-10)23-17(25)12(16(24)22-18(23)26)9-21-14-4-2-3-13(19)15(14)20/h2-9,12H,1H3,(H,22,24,26)/t12-/m1/s1. The van der Waals surface area contributed by atoms with Gasteiger partial charge < -0.3 is 5.32 Å². The third-order valence-electron chi connectivity index (χ3n) is 3.79. The molecule has 1 N–H and O–H groups in total. The highest BCUT2D eigenvalue weighted by molar-refractivity contribution is 7.80. The molecule has 1 heterocycles. The lowest BCUT2D eigenvalue weighted by Gasteiger charge is -2.31. The number of aliphatic imine (C=N–C) groups is 1. The maximum absolute atomic E-state index is 12.8. The van der Waals surface area contributed by atoms with Crippen LogP contribution >= 0.6 is 35.4 Å². The number of rotatable bonds is 3. The molecule has 0 spiro atoms. The summed E-state index contributed by atoms with van der Waals surface area (Å²) in [4.78, 5) is 30.5. The van der Waals surface area contributed by atoms with E-state index >= 15 is 0 Å². The summed E-state index contributed by atoms with van der Waals surface area (Å²) in [6.07, 6.45) is 1.25. The van der Waals surface area contributed by atoms with E-state index in [-0.39, 0.29) is 10.1 Å². The Morgan fingerprint density at radius 2 is 1.85 bits per heavy atom. The van der Waals surface area contributed by atoms with Crippen molar-refractivity contribution >= 4 is 69.9 Å². The molecule has 2 aromatic rings.